The fraction of sp³-hybridized carbons (Fsp3) is 0.429. The van der Waals surface area contributed by atoms with Gasteiger partial charge in [-0.15, -0.1) is 0 Å². The maximum Gasteiger partial charge on any atom is 0.183 e. The molecule has 22 heavy (non-hydrogen) atoms. The van der Waals surface area contributed by atoms with Gasteiger partial charge in [-0.2, -0.15) is 5.10 Å². The van der Waals surface area contributed by atoms with Crippen LogP contribution in [0.3, 0.4) is 0 Å². The van der Waals surface area contributed by atoms with Crippen molar-refractivity contribution < 1.29 is 0 Å². The Labute approximate surface area is 128 Å². The van der Waals surface area contributed by atoms with E-state index in [9.17, 15) is 0 Å². The molecule has 116 valence electrons. The number of anilines is 1. The number of H-pyrrole nitrogens is 1. The summed E-state index contributed by atoms with van der Waals surface area (Å²) in [6, 6.07) is 1.97. The van der Waals surface area contributed by atoms with Gasteiger partial charge in [0.15, 0.2) is 17.3 Å². The summed E-state index contributed by atoms with van der Waals surface area (Å²) in [7, 11) is 1.92. The van der Waals surface area contributed by atoms with E-state index in [1.54, 1.807) is 12.5 Å². The van der Waals surface area contributed by atoms with Crippen molar-refractivity contribution in [3.05, 3.63) is 30.1 Å². The number of hydrogen-bond acceptors (Lipinski definition) is 6. The Hall–Kier alpha value is -2.48. The first-order valence-corrected chi connectivity index (χ1v) is 7.23. The van der Waals surface area contributed by atoms with Gasteiger partial charge in [-0.3, -0.25) is 4.68 Å². The highest BCUT2D eigenvalue weighted by Crippen LogP contribution is 2.22. The highest BCUT2D eigenvalue weighted by atomic mass is 15.3. The van der Waals surface area contributed by atoms with E-state index in [0.717, 1.165) is 5.69 Å². The molecular formula is C14H20N8. The van der Waals surface area contributed by atoms with E-state index in [4.69, 9.17) is 5.73 Å². The Kier molecular flexibility index (Phi) is 3.76. The third-order valence-electron chi connectivity index (χ3n) is 3.70. The minimum absolute atomic E-state index is 0.0155. The van der Waals surface area contributed by atoms with Gasteiger partial charge in [-0.25, -0.2) is 15.0 Å². The second-order valence-corrected chi connectivity index (χ2v) is 5.62. The van der Waals surface area contributed by atoms with E-state index in [1.165, 1.54) is 0 Å². The summed E-state index contributed by atoms with van der Waals surface area (Å²) in [5.74, 6) is 1.39. The summed E-state index contributed by atoms with van der Waals surface area (Å²) < 4.78 is 1.84. The first-order chi connectivity index (χ1) is 10.6. The van der Waals surface area contributed by atoms with E-state index >= 15 is 0 Å². The average Bonchev–Trinajstić information content (AvgIpc) is 3.08. The molecule has 1 unspecified atom stereocenters. The van der Waals surface area contributed by atoms with Gasteiger partial charge in [0.1, 0.15) is 5.52 Å². The van der Waals surface area contributed by atoms with Gasteiger partial charge in [-0.05, 0) is 12.0 Å². The predicted octanol–water partition coefficient (Wildman–Crippen LogP) is 1.16. The third-order valence-corrected chi connectivity index (χ3v) is 3.70. The van der Waals surface area contributed by atoms with Gasteiger partial charge in [0, 0.05) is 19.8 Å². The molecule has 8 heteroatoms. The van der Waals surface area contributed by atoms with Crippen LogP contribution >= 0.6 is 0 Å². The van der Waals surface area contributed by atoms with Crippen molar-refractivity contribution in [1.82, 2.24) is 35.0 Å². The first kappa shape index (κ1) is 14.5. The van der Waals surface area contributed by atoms with Crippen LogP contribution in [0.2, 0.25) is 0 Å². The van der Waals surface area contributed by atoms with Crippen molar-refractivity contribution in [3.8, 4) is 0 Å². The fourth-order valence-electron chi connectivity index (χ4n) is 2.43. The highest BCUT2D eigenvalue weighted by molar-refractivity contribution is 5.80. The van der Waals surface area contributed by atoms with Gasteiger partial charge in [0.2, 0.25) is 0 Å². The molecule has 0 bridgehead atoms. The zero-order valence-electron chi connectivity index (χ0n) is 12.9. The lowest BCUT2D eigenvalue weighted by Gasteiger charge is -2.21. The molecular weight excluding hydrogens is 280 g/mol. The molecule has 3 aromatic rings. The zero-order valence-corrected chi connectivity index (χ0v) is 12.9. The number of aromatic amines is 1. The standard InChI is InChI=1S/C14H20N8/c1-8(2)10(16-6-9-4-5-19-22(9)3)14-20-12(15)11-13(21-14)18-7-17-11/h4-5,7-8,10,16H,6H2,1-3H3,(H3,15,17,18,20,21). The molecule has 3 heterocycles. The number of hydrogen-bond donors (Lipinski definition) is 3. The molecule has 0 aromatic carbocycles. The molecule has 4 N–H and O–H groups in total. The van der Waals surface area contributed by atoms with Crippen LogP contribution in [0, 0.1) is 5.92 Å². The van der Waals surface area contributed by atoms with Gasteiger partial charge in [-0.1, -0.05) is 13.8 Å². The summed E-state index contributed by atoms with van der Waals surface area (Å²) in [5.41, 5.74) is 8.36. The number of nitrogens with zero attached hydrogens (tertiary/aromatic N) is 5. The Morgan fingerprint density at radius 2 is 2.18 bits per heavy atom. The quantitative estimate of drug-likeness (QED) is 0.652. The Morgan fingerprint density at radius 3 is 2.86 bits per heavy atom. The first-order valence-electron chi connectivity index (χ1n) is 7.23. The van der Waals surface area contributed by atoms with Crippen molar-refractivity contribution in [2.24, 2.45) is 13.0 Å². The lowest BCUT2D eigenvalue weighted by atomic mass is 10.0. The van der Waals surface area contributed by atoms with Crippen LogP contribution in [0.1, 0.15) is 31.4 Å². The predicted molar refractivity (Wildman–Crippen MR) is 83.7 cm³/mol. The van der Waals surface area contributed by atoms with Crippen molar-refractivity contribution in [1.29, 1.82) is 0 Å². The maximum atomic E-state index is 5.99. The number of aryl methyl sites for hydroxylation is 1. The van der Waals surface area contributed by atoms with Crippen LogP contribution in [0.25, 0.3) is 11.2 Å². The highest BCUT2D eigenvalue weighted by Gasteiger charge is 2.21. The molecule has 1 atom stereocenters. The number of nitrogen functional groups attached to an aromatic ring is 1. The number of imidazole rings is 1. The Bertz CT molecular complexity index is 772. The Balaban J connectivity index is 1.87. The summed E-state index contributed by atoms with van der Waals surface area (Å²) in [6.07, 6.45) is 3.36. The van der Waals surface area contributed by atoms with Gasteiger partial charge < -0.3 is 16.0 Å². The van der Waals surface area contributed by atoms with Crippen LogP contribution in [0.5, 0.6) is 0 Å². The summed E-state index contributed by atoms with van der Waals surface area (Å²) in [6.45, 7) is 4.92. The van der Waals surface area contributed by atoms with E-state index < -0.39 is 0 Å². The molecule has 0 aliphatic heterocycles. The fourth-order valence-corrected chi connectivity index (χ4v) is 2.43. The van der Waals surface area contributed by atoms with E-state index in [2.05, 4.69) is 44.2 Å². The van der Waals surface area contributed by atoms with Crippen molar-refractivity contribution >= 4 is 17.0 Å². The number of nitrogens with two attached hydrogens (primary N) is 1. The Morgan fingerprint density at radius 1 is 1.36 bits per heavy atom. The average molecular weight is 300 g/mol. The van der Waals surface area contributed by atoms with E-state index in [0.29, 0.717) is 35.3 Å². The summed E-state index contributed by atoms with van der Waals surface area (Å²) in [4.78, 5) is 16.1. The number of fused-ring (bicyclic) bond motifs is 1. The molecule has 0 aliphatic carbocycles. The summed E-state index contributed by atoms with van der Waals surface area (Å²) in [5, 5.41) is 7.65. The minimum atomic E-state index is -0.0155. The zero-order chi connectivity index (χ0) is 15.7. The molecule has 0 fully saturated rings. The molecule has 3 rings (SSSR count). The number of nitrogens with one attached hydrogen (secondary N) is 2. The normalized spacial score (nSPS) is 13.1. The molecule has 0 saturated carbocycles. The topological polar surface area (TPSA) is 110 Å². The molecule has 0 saturated heterocycles. The van der Waals surface area contributed by atoms with E-state index in [-0.39, 0.29) is 6.04 Å². The van der Waals surface area contributed by atoms with Crippen LogP contribution in [-0.2, 0) is 13.6 Å². The number of rotatable bonds is 5. The molecule has 0 radical (unpaired) electrons. The van der Waals surface area contributed by atoms with Gasteiger partial charge in [0.25, 0.3) is 0 Å². The molecule has 8 nitrogen and oxygen atoms in total. The number of aromatic nitrogens is 6. The smallest absolute Gasteiger partial charge is 0.183 e. The second kappa shape index (κ2) is 5.72. The van der Waals surface area contributed by atoms with Crippen LogP contribution in [0.15, 0.2) is 18.6 Å². The summed E-state index contributed by atoms with van der Waals surface area (Å²) >= 11 is 0. The second-order valence-electron chi connectivity index (χ2n) is 5.62. The van der Waals surface area contributed by atoms with Gasteiger partial charge in [0.05, 0.1) is 18.1 Å². The lowest BCUT2D eigenvalue weighted by molar-refractivity contribution is 0.388. The third kappa shape index (κ3) is 2.64. The monoisotopic (exact) mass is 300 g/mol. The van der Waals surface area contributed by atoms with Crippen molar-refractivity contribution in [2.45, 2.75) is 26.4 Å². The van der Waals surface area contributed by atoms with Crippen LogP contribution < -0.4 is 11.1 Å². The molecule has 0 aliphatic rings. The molecule has 0 spiro atoms. The van der Waals surface area contributed by atoms with Crippen molar-refractivity contribution in [2.75, 3.05) is 5.73 Å². The maximum absolute atomic E-state index is 5.99. The van der Waals surface area contributed by atoms with Crippen LogP contribution in [0.4, 0.5) is 5.82 Å². The largest absolute Gasteiger partial charge is 0.382 e. The SMILES string of the molecule is CC(C)C(NCc1ccnn1C)c1nc(N)c2[nH]cnc2n1. The van der Waals surface area contributed by atoms with Gasteiger partial charge >= 0.3 is 0 Å². The molecule has 0 amide bonds. The van der Waals surface area contributed by atoms with Crippen LogP contribution in [-0.4, -0.2) is 29.7 Å². The lowest BCUT2D eigenvalue weighted by Crippen LogP contribution is -2.28. The molecule has 3 aromatic heterocycles. The van der Waals surface area contributed by atoms with E-state index in [1.807, 2.05) is 17.8 Å². The minimum Gasteiger partial charge on any atom is -0.382 e. The van der Waals surface area contributed by atoms with Crippen molar-refractivity contribution in [3.63, 3.8) is 0 Å².